The number of esters is 1. The lowest BCUT2D eigenvalue weighted by Gasteiger charge is -2.55. The number of carbonyl (C=O) groups excluding carboxylic acids is 2. The third-order valence-corrected chi connectivity index (χ3v) is 5.59. The molecular weight excluding hydrogens is 258 g/mol. The molecule has 0 aromatic heterocycles. The fraction of sp³-hybridized carbons (Fsp3) is 0.867. The lowest BCUT2D eigenvalue weighted by Crippen LogP contribution is -2.60. The number of ether oxygens (including phenoxy) is 2. The van der Waals surface area contributed by atoms with Gasteiger partial charge in [0.1, 0.15) is 11.7 Å². The Kier molecular flexibility index (Phi) is 2.57. The lowest BCUT2D eigenvalue weighted by molar-refractivity contribution is -0.175. The van der Waals surface area contributed by atoms with Crippen LogP contribution in [0.15, 0.2) is 0 Å². The molecule has 110 valence electrons. The van der Waals surface area contributed by atoms with Gasteiger partial charge in [-0.2, -0.15) is 0 Å². The highest BCUT2D eigenvalue weighted by atomic mass is 16.6. The Morgan fingerprint density at radius 2 is 1.75 bits per heavy atom. The minimum Gasteiger partial charge on any atom is -0.458 e. The molecule has 1 heterocycles. The normalized spacial score (nSPS) is 48.5. The van der Waals surface area contributed by atoms with E-state index >= 15 is 0 Å². The highest BCUT2D eigenvalue weighted by molar-refractivity contribution is 5.86. The molecule has 2 unspecified atom stereocenters. The van der Waals surface area contributed by atoms with Crippen LogP contribution < -0.4 is 5.32 Å². The summed E-state index contributed by atoms with van der Waals surface area (Å²) in [6.07, 6.45) is 6.29. The van der Waals surface area contributed by atoms with Gasteiger partial charge in [-0.3, -0.25) is 0 Å². The number of hydrogen-bond donors (Lipinski definition) is 1. The number of rotatable bonds is 2. The topological polar surface area (TPSA) is 64.6 Å². The standard InChI is InChI=1S/C15H21NO4/c1-8-12(13(17)19-8)16-14(18)20-15-5-9-2-10(6-15)4-11(3-9)7-15/h8-12H,2-7H2,1H3,(H,16,18). The molecule has 20 heavy (non-hydrogen) atoms. The van der Waals surface area contributed by atoms with E-state index in [9.17, 15) is 9.59 Å². The van der Waals surface area contributed by atoms with E-state index in [1.165, 1.54) is 19.3 Å². The first-order valence-corrected chi connectivity index (χ1v) is 7.73. The van der Waals surface area contributed by atoms with Crippen molar-refractivity contribution in [2.75, 3.05) is 0 Å². The maximum Gasteiger partial charge on any atom is 0.408 e. The minimum absolute atomic E-state index is 0.244. The fourth-order valence-corrected chi connectivity index (χ4v) is 5.13. The van der Waals surface area contributed by atoms with Crippen LogP contribution in [0, 0.1) is 17.8 Å². The van der Waals surface area contributed by atoms with Crippen molar-refractivity contribution >= 4 is 12.1 Å². The smallest absolute Gasteiger partial charge is 0.408 e. The number of amides is 1. The average Bonchev–Trinajstić information content (AvgIpc) is 2.34. The number of hydrogen-bond acceptors (Lipinski definition) is 4. The van der Waals surface area contributed by atoms with E-state index < -0.39 is 12.1 Å². The van der Waals surface area contributed by atoms with Crippen LogP contribution in [0.3, 0.4) is 0 Å². The Balaban J connectivity index is 1.41. The molecule has 4 aliphatic carbocycles. The Labute approximate surface area is 118 Å². The molecule has 4 bridgehead atoms. The molecule has 0 spiro atoms. The SMILES string of the molecule is CC1OC(=O)C1NC(=O)OC12CC3CC(CC(C3)C1)C2. The largest absolute Gasteiger partial charge is 0.458 e. The van der Waals surface area contributed by atoms with E-state index in [1.54, 1.807) is 6.92 Å². The van der Waals surface area contributed by atoms with Gasteiger partial charge in [0.2, 0.25) is 0 Å². The summed E-state index contributed by atoms with van der Waals surface area (Å²) in [5, 5.41) is 2.66. The fourth-order valence-electron chi connectivity index (χ4n) is 5.13. The third kappa shape index (κ3) is 1.90. The maximum atomic E-state index is 12.1. The first-order chi connectivity index (χ1) is 9.53. The summed E-state index contributed by atoms with van der Waals surface area (Å²) in [5.41, 5.74) is -0.254. The summed E-state index contributed by atoms with van der Waals surface area (Å²) in [6, 6.07) is -0.531. The van der Waals surface area contributed by atoms with Crippen molar-refractivity contribution < 1.29 is 19.1 Å². The van der Waals surface area contributed by atoms with E-state index in [2.05, 4.69) is 5.32 Å². The molecule has 5 fully saturated rings. The summed E-state index contributed by atoms with van der Waals surface area (Å²) in [7, 11) is 0. The molecule has 5 nitrogen and oxygen atoms in total. The van der Waals surface area contributed by atoms with Crippen LogP contribution in [0.4, 0.5) is 4.79 Å². The van der Waals surface area contributed by atoms with Crippen molar-refractivity contribution in [3.63, 3.8) is 0 Å². The van der Waals surface area contributed by atoms with Crippen LogP contribution in [-0.2, 0) is 14.3 Å². The van der Waals surface area contributed by atoms with Gasteiger partial charge in [0, 0.05) is 0 Å². The van der Waals surface area contributed by atoms with Crippen LogP contribution in [0.2, 0.25) is 0 Å². The zero-order valence-corrected chi connectivity index (χ0v) is 11.8. The molecule has 5 heteroatoms. The van der Waals surface area contributed by atoms with Gasteiger partial charge in [0.15, 0.2) is 6.04 Å². The molecule has 2 atom stereocenters. The highest BCUT2D eigenvalue weighted by Gasteiger charge is 2.53. The molecule has 1 aliphatic heterocycles. The molecule has 5 rings (SSSR count). The Morgan fingerprint density at radius 3 is 2.20 bits per heavy atom. The van der Waals surface area contributed by atoms with Gasteiger partial charge in [-0.1, -0.05) is 0 Å². The molecule has 0 aromatic rings. The van der Waals surface area contributed by atoms with E-state index in [1.807, 2.05) is 0 Å². The second-order valence-corrected chi connectivity index (χ2v) is 7.25. The third-order valence-electron chi connectivity index (χ3n) is 5.59. The number of cyclic esters (lactones) is 1. The number of nitrogens with one attached hydrogen (secondary N) is 1. The molecule has 0 aromatic carbocycles. The van der Waals surface area contributed by atoms with E-state index in [0.29, 0.717) is 0 Å². The van der Waals surface area contributed by atoms with Crippen molar-refractivity contribution in [3.8, 4) is 0 Å². The predicted octanol–water partition coefficient (Wildman–Crippen LogP) is 2.00. The second-order valence-electron chi connectivity index (χ2n) is 7.25. The summed E-state index contributed by atoms with van der Waals surface area (Å²) < 4.78 is 10.6. The predicted molar refractivity (Wildman–Crippen MR) is 69.9 cm³/mol. The van der Waals surface area contributed by atoms with Crippen molar-refractivity contribution in [1.82, 2.24) is 5.32 Å². The monoisotopic (exact) mass is 279 g/mol. The molecule has 4 saturated carbocycles. The van der Waals surface area contributed by atoms with E-state index in [0.717, 1.165) is 37.0 Å². The average molecular weight is 279 g/mol. The Bertz CT molecular complexity index is 426. The lowest BCUT2D eigenvalue weighted by atomic mass is 9.54. The first kappa shape index (κ1) is 12.5. The van der Waals surface area contributed by atoms with Gasteiger partial charge in [0.25, 0.3) is 0 Å². The minimum atomic E-state index is -0.531. The molecule has 1 saturated heterocycles. The second kappa shape index (κ2) is 4.12. The first-order valence-electron chi connectivity index (χ1n) is 7.73. The maximum absolute atomic E-state index is 12.1. The van der Waals surface area contributed by atoms with Gasteiger partial charge < -0.3 is 14.8 Å². The van der Waals surface area contributed by atoms with Crippen LogP contribution in [0.5, 0.6) is 0 Å². The molecule has 5 aliphatic rings. The Hall–Kier alpha value is -1.26. The molecule has 1 N–H and O–H groups in total. The van der Waals surface area contributed by atoms with Gasteiger partial charge in [-0.25, -0.2) is 9.59 Å². The molecule has 1 amide bonds. The van der Waals surface area contributed by atoms with Gasteiger partial charge >= 0.3 is 12.1 Å². The quantitative estimate of drug-likeness (QED) is 0.785. The van der Waals surface area contributed by atoms with Crippen LogP contribution >= 0.6 is 0 Å². The summed E-state index contributed by atoms with van der Waals surface area (Å²) in [4.78, 5) is 23.3. The molecule has 0 radical (unpaired) electrons. The number of carbonyl (C=O) groups is 2. The van der Waals surface area contributed by atoms with Crippen molar-refractivity contribution in [1.29, 1.82) is 0 Å². The highest BCUT2D eigenvalue weighted by Crippen LogP contribution is 2.57. The van der Waals surface area contributed by atoms with Crippen LogP contribution in [0.1, 0.15) is 45.4 Å². The van der Waals surface area contributed by atoms with E-state index in [4.69, 9.17) is 9.47 Å². The van der Waals surface area contributed by atoms with E-state index in [-0.39, 0.29) is 17.7 Å². The van der Waals surface area contributed by atoms with Crippen LogP contribution in [0.25, 0.3) is 0 Å². The summed E-state index contributed by atoms with van der Waals surface area (Å²) in [5.74, 6) is 1.85. The van der Waals surface area contributed by atoms with Crippen molar-refractivity contribution in [2.24, 2.45) is 17.8 Å². The summed E-state index contributed by atoms with van der Waals surface area (Å²) in [6.45, 7) is 1.77. The molecular formula is C15H21NO4. The van der Waals surface area contributed by atoms with Crippen molar-refractivity contribution in [2.45, 2.75) is 63.2 Å². The zero-order valence-electron chi connectivity index (χ0n) is 11.8. The van der Waals surface area contributed by atoms with Gasteiger partial charge in [-0.05, 0) is 63.2 Å². The Morgan fingerprint density at radius 1 is 1.20 bits per heavy atom. The zero-order chi connectivity index (χ0) is 13.9. The van der Waals surface area contributed by atoms with Gasteiger partial charge in [0.05, 0.1) is 0 Å². The van der Waals surface area contributed by atoms with Crippen LogP contribution in [-0.4, -0.2) is 29.8 Å². The van der Waals surface area contributed by atoms with Gasteiger partial charge in [-0.15, -0.1) is 0 Å². The van der Waals surface area contributed by atoms with Crippen molar-refractivity contribution in [3.05, 3.63) is 0 Å². The summed E-state index contributed by atoms with van der Waals surface area (Å²) >= 11 is 0. The number of alkyl carbamates (subject to hydrolysis) is 1.